The minimum atomic E-state index is -0.907. The van der Waals surface area contributed by atoms with Crippen molar-refractivity contribution in [2.24, 2.45) is 0 Å². The Hall–Kier alpha value is -1.56. The first-order valence-electron chi connectivity index (χ1n) is 6.20. The van der Waals surface area contributed by atoms with Crippen LogP contribution in [0.5, 0.6) is 0 Å². The van der Waals surface area contributed by atoms with Crippen LogP contribution in [0.15, 0.2) is 12.1 Å². The Morgan fingerprint density at radius 2 is 1.80 bits per heavy atom. The predicted molar refractivity (Wildman–Crippen MR) is 74.8 cm³/mol. The molecule has 20 heavy (non-hydrogen) atoms. The highest BCUT2D eigenvalue weighted by atomic mass is 32.1. The van der Waals surface area contributed by atoms with Gasteiger partial charge in [0.05, 0.1) is 5.69 Å². The maximum atomic E-state index is 13.6. The van der Waals surface area contributed by atoms with Crippen molar-refractivity contribution in [1.82, 2.24) is 4.98 Å². The number of halogens is 3. The summed E-state index contributed by atoms with van der Waals surface area (Å²) in [5, 5.41) is 3.77. The van der Waals surface area contributed by atoms with E-state index in [1.54, 1.807) is 6.92 Å². The lowest BCUT2D eigenvalue weighted by Crippen LogP contribution is -2.13. The molecule has 2 rings (SSSR count). The fourth-order valence-electron chi connectivity index (χ4n) is 1.91. The van der Waals surface area contributed by atoms with Gasteiger partial charge in [-0.15, -0.1) is 11.3 Å². The van der Waals surface area contributed by atoms with Crippen LogP contribution in [-0.4, -0.2) is 11.5 Å². The van der Waals surface area contributed by atoms with E-state index >= 15 is 0 Å². The Balaban J connectivity index is 2.10. The zero-order valence-electron chi connectivity index (χ0n) is 11.4. The highest BCUT2D eigenvalue weighted by molar-refractivity contribution is 7.15. The molecule has 0 saturated carbocycles. The molecular formula is C14H15F3N2S. The Kier molecular flexibility index (Phi) is 4.32. The Labute approximate surface area is 119 Å². The van der Waals surface area contributed by atoms with Gasteiger partial charge in [-0.25, -0.2) is 18.2 Å². The van der Waals surface area contributed by atoms with Gasteiger partial charge >= 0.3 is 0 Å². The summed E-state index contributed by atoms with van der Waals surface area (Å²) in [6.07, 6.45) is 0. The number of hydrogen-bond acceptors (Lipinski definition) is 3. The Morgan fingerprint density at radius 3 is 2.30 bits per heavy atom. The number of aryl methyl sites for hydroxylation is 2. The fraction of sp³-hybridized carbons (Fsp3) is 0.357. The van der Waals surface area contributed by atoms with Gasteiger partial charge < -0.3 is 5.32 Å². The molecule has 0 fully saturated rings. The Morgan fingerprint density at radius 1 is 1.20 bits per heavy atom. The zero-order valence-corrected chi connectivity index (χ0v) is 12.2. The number of hydrogen-bond donors (Lipinski definition) is 1. The molecule has 1 aromatic carbocycles. The lowest BCUT2D eigenvalue weighted by Gasteiger charge is -2.14. The topological polar surface area (TPSA) is 24.9 Å². The highest BCUT2D eigenvalue weighted by Crippen LogP contribution is 2.26. The van der Waals surface area contributed by atoms with Crippen molar-refractivity contribution in [3.05, 3.63) is 45.7 Å². The number of anilines is 1. The van der Waals surface area contributed by atoms with Crippen LogP contribution in [0.1, 0.15) is 29.0 Å². The van der Waals surface area contributed by atoms with E-state index in [0.717, 1.165) is 15.7 Å². The highest BCUT2D eigenvalue weighted by Gasteiger charge is 2.18. The molecule has 0 spiro atoms. The third kappa shape index (κ3) is 3.12. The Bertz CT molecular complexity index is 582. The van der Waals surface area contributed by atoms with Gasteiger partial charge in [0.1, 0.15) is 17.5 Å². The van der Waals surface area contributed by atoms with Gasteiger partial charge in [-0.05, 0) is 13.8 Å². The number of thiazole rings is 1. The van der Waals surface area contributed by atoms with Gasteiger partial charge in [-0.1, -0.05) is 6.92 Å². The van der Waals surface area contributed by atoms with Crippen LogP contribution in [0.2, 0.25) is 0 Å². The number of aromatic nitrogens is 1. The van der Waals surface area contributed by atoms with Crippen LogP contribution in [-0.2, 0) is 0 Å². The second-order valence-electron chi connectivity index (χ2n) is 4.73. The second kappa shape index (κ2) is 5.83. The van der Waals surface area contributed by atoms with Crippen LogP contribution in [0.25, 0.3) is 0 Å². The molecule has 2 nitrogen and oxygen atoms in total. The van der Waals surface area contributed by atoms with Crippen LogP contribution >= 0.6 is 11.3 Å². The smallest absolute Gasteiger partial charge is 0.183 e. The van der Waals surface area contributed by atoms with E-state index in [1.807, 2.05) is 13.8 Å². The molecule has 1 aromatic heterocycles. The van der Waals surface area contributed by atoms with E-state index in [9.17, 15) is 13.2 Å². The van der Waals surface area contributed by atoms with Gasteiger partial charge in [0.25, 0.3) is 0 Å². The maximum absolute atomic E-state index is 13.6. The quantitative estimate of drug-likeness (QED) is 0.905. The van der Waals surface area contributed by atoms with E-state index in [-0.39, 0.29) is 5.56 Å². The monoisotopic (exact) mass is 300 g/mol. The molecule has 6 heteroatoms. The summed E-state index contributed by atoms with van der Waals surface area (Å²) in [4.78, 5) is 5.39. The van der Waals surface area contributed by atoms with Crippen molar-refractivity contribution >= 4 is 16.5 Å². The van der Waals surface area contributed by atoms with E-state index in [0.29, 0.717) is 18.7 Å². The van der Waals surface area contributed by atoms with Gasteiger partial charge in [0.2, 0.25) is 0 Å². The molecule has 0 aliphatic carbocycles. The number of nitrogens with zero attached hydrogens (tertiary/aromatic N) is 1. The van der Waals surface area contributed by atoms with Crippen LogP contribution in [0.3, 0.4) is 0 Å². The third-order valence-electron chi connectivity index (χ3n) is 3.12. The summed E-state index contributed by atoms with van der Waals surface area (Å²) in [6.45, 7) is 5.87. The normalized spacial score (nSPS) is 12.5. The minimum absolute atomic E-state index is 0.107. The average molecular weight is 300 g/mol. The van der Waals surface area contributed by atoms with Gasteiger partial charge in [-0.2, -0.15) is 0 Å². The molecule has 0 saturated heterocycles. The first-order chi connectivity index (χ1) is 9.38. The van der Waals surface area contributed by atoms with E-state index in [2.05, 4.69) is 10.3 Å². The SMILES string of the molecule is Cc1nc(NCC(C)c2c(F)cc(F)cc2F)sc1C. The molecule has 1 N–H and O–H groups in total. The zero-order chi connectivity index (χ0) is 14.9. The molecule has 0 aliphatic heterocycles. The fourth-order valence-corrected chi connectivity index (χ4v) is 2.74. The average Bonchev–Trinajstić information content (AvgIpc) is 2.65. The molecule has 0 amide bonds. The summed E-state index contributed by atoms with van der Waals surface area (Å²) >= 11 is 1.49. The number of nitrogens with one attached hydrogen (secondary N) is 1. The first-order valence-corrected chi connectivity index (χ1v) is 7.02. The molecule has 0 radical (unpaired) electrons. The summed E-state index contributed by atoms with van der Waals surface area (Å²) in [5.41, 5.74) is 0.827. The largest absolute Gasteiger partial charge is 0.361 e. The van der Waals surface area contributed by atoms with Crippen molar-refractivity contribution in [1.29, 1.82) is 0 Å². The summed E-state index contributed by atoms with van der Waals surface area (Å²) in [7, 11) is 0. The molecule has 0 bridgehead atoms. The first kappa shape index (κ1) is 14.8. The molecule has 108 valence electrons. The second-order valence-corrected chi connectivity index (χ2v) is 5.93. The van der Waals surface area contributed by atoms with E-state index in [1.165, 1.54) is 11.3 Å². The van der Waals surface area contributed by atoms with Crippen molar-refractivity contribution in [3.63, 3.8) is 0 Å². The lowest BCUT2D eigenvalue weighted by atomic mass is 10.00. The number of benzene rings is 1. The van der Waals surface area contributed by atoms with E-state index < -0.39 is 23.4 Å². The molecular weight excluding hydrogens is 285 g/mol. The standard InChI is InChI=1S/C14H15F3N2S/c1-7(6-18-14-19-8(2)9(3)20-14)13-11(16)4-10(15)5-12(13)17/h4-5,7H,6H2,1-3H3,(H,18,19). The molecule has 1 heterocycles. The number of rotatable bonds is 4. The van der Waals surface area contributed by atoms with Gasteiger partial charge in [-0.3, -0.25) is 0 Å². The van der Waals surface area contributed by atoms with Crippen LogP contribution in [0, 0.1) is 31.3 Å². The van der Waals surface area contributed by atoms with Crippen LogP contribution < -0.4 is 5.32 Å². The predicted octanol–water partition coefficient (Wildman–Crippen LogP) is 4.39. The van der Waals surface area contributed by atoms with Crippen molar-refractivity contribution < 1.29 is 13.2 Å². The lowest BCUT2D eigenvalue weighted by molar-refractivity contribution is 0.511. The van der Waals surface area contributed by atoms with Crippen molar-refractivity contribution in [2.75, 3.05) is 11.9 Å². The molecule has 2 aromatic rings. The van der Waals surface area contributed by atoms with Crippen molar-refractivity contribution in [3.8, 4) is 0 Å². The molecule has 0 aliphatic rings. The minimum Gasteiger partial charge on any atom is -0.361 e. The van der Waals surface area contributed by atoms with E-state index in [4.69, 9.17) is 0 Å². The summed E-state index contributed by atoms with van der Waals surface area (Å²) in [6, 6.07) is 1.40. The van der Waals surface area contributed by atoms with Gasteiger partial charge in [0.15, 0.2) is 5.13 Å². The summed E-state index contributed by atoms with van der Waals surface area (Å²) in [5.74, 6) is -3.05. The van der Waals surface area contributed by atoms with Gasteiger partial charge in [0, 0.05) is 35.0 Å². The third-order valence-corrected chi connectivity index (χ3v) is 4.16. The molecule has 1 atom stereocenters. The summed E-state index contributed by atoms with van der Waals surface area (Å²) < 4.78 is 40.1. The van der Waals surface area contributed by atoms with Crippen LogP contribution in [0.4, 0.5) is 18.3 Å². The maximum Gasteiger partial charge on any atom is 0.183 e. The van der Waals surface area contributed by atoms with Crippen molar-refractivity contribution in [2.45, 2.75) is 26.7 Å². The molecule has 1 unspecified atom stereocenters.